The van der Waals surface area contributed by atoms with Crippen LogP contribution in [0.2, 0.25) is 0 Å². The molecule has 6 nitrogen and oxygen atoms in total. The Kier molecular flexibility index (Phi) is 3.11. The van der Waals surface area contributed by atoms with E-state index in [1.165, 1.54) is 15.7 Å². The zero-order valence-electron chi connectivity index (χ0n) is 12.8. The van der Waals surface area contributed by atoms with E-state index in [1.54, 1.807) is 31.4 Å². The molecule has 0 atom stereocenters. The molecule has 0 radical (unpaired) electrons. The number of nitrogens with zero attached hydrogens (tertiary/aromatic N) is 3. The Morgan fingerprint density at radius 2 is 2.04 bits per heavy atom. The third-order valence-electron chi connectivity index (χ3n) is 4.38. The van der Waals surface area contributed by atoms with Gasteiger partial charge >= 0.3 is 11.9 Å². The topological polar surface area (TPSA) is 63.4 Å². The summed E-state index contributed by atoms with van der Waals surface area (Å²) in [5.41, 5.74) is 2.64. The lowest BCUT2D eigenvalue weighted by Crippen LogP contribution is -2.50. The summed E-state index contributed by atoms with van der Waals surface area (Å²) in [5.74, 6) is 0.258. The zero-order chi connectivity index (χ0) is 16.0. The molecule has 6 heteroatoms. The van der Waals surface area contributed by atoms with E-state index < -0.39 is 0 Å². The summed E-state index contributed by atoms with van der Waals surface area (Å²) in [6.07, 6.45) is 5.24. The van der Waals surface area contributed by atoms with Crippen molar-refractivity contribution < 1.29 is 18.9 Å². The lowest BCUT2D eigenvalue weighted by molar-refractivity contribution is -0.576. The highest BCUT2D eigenvalue weighted by Gasteiger charge is 2.49. The molecule has 0 saturated heterocycles. The molecule has 23 heavy (non-hydrogen) atoms. The summed E-state index contributed by atoms with van der Waals surface area (Å²) >= 11 is 0. The van der Waals surface area contributed by atoms with E-state index in [2.05, 4.69) is 4.98 Å². The number of aryl methyl sites for hydroxylation is 1. The number of aromatic nitrogens is 2. The van der Waals surface area contributed by atoms with Crippen LogP contribution in [0.15, 0.2) is 30.5 Å². The Morgan fingerprint density at radius 1 is 1.22 bits per heavy atom. The van der Waals surface area contributed by atoms with E-state index in [0.717, 1.165) is 37.1 Å². The lowest BCUT2D eigenvalue weighted by Gasteiger charge is -2.13. The Hall–Kier alpha value is -2.76. The number of hydrogen-bond donors (Lipinski definition) is 0. The largest absolute Gasteiger partial charge is 0.512 e. The standard InChI is InChI=1S/C17H16N3O3/c1-23-12-6-4-5-11(9-12)19-16(21)15-10-18-13-7-2-3-8-14(13)20(15)17(19)22/h4-6,9-10H,2-3,7-8H2,1H3/q+1. The number of hydrogen-bond acceptors (Lipinski definition) is 4. The van der Waals surface area contributed by atoms with Crippen LogP contribution in [0.4, 0.5) is 10.5 Å². The second kappa shape index (κ2) is 5.15. The maximum absolute atomic E-state index is 12.9. The number of amides is 2. The smallest absolute Gasteiger partial charge is 0.497 e. The van der Waals surface area contributed by atoms with Gasteiger partial charge in [-0.1, -0.05) is 6.07 Å². The van der Waals surface area contributed by atoms with Crippen molar-refractivity contribution in [3.63, 3.8) is 0 Å². The Labute approximate surface area is 133 Å². The summed E-state index contributed by atoms with van der Waals surface area (Å²) < 4.78 is 6.72. The number of benzene rings is 1. The molecule has 0 N–H and O–H groups in total. The number of imide groups is 1. The minimum atomic E-state index is -0.343. The fraction of sp³-hybridized carbons (Fsp3) is 0.294. The van der Waals surface area contributed by atoms with Gasteiger partial charge in [-0.3, -0.25) is 4.98 Å². The molecular formula is C17H16N3O3+. The second-order valence-corrected chi connectivity index (χ2v) is 5.70. The molecule has 0 bridgehead atoms. The van der Waals surface area contributed by atoms with Gasteiger partial charge in [0.25, 0.3) is 0 Å². The SMILES string of the molecule is COc1cccc(N2C(=O)c3cnc4c([n+]3C2=O)CCCC4)c1. The molecule has 1 aliphatic heterocycles. The molecule has 0 saturated carbocycles. The number of rotatable bonds is 2. The van der Waals surface area contributed by atoms with Crippen LogP contribution in [0, 0.1) is 0 Å². The fourth-order valence-electron chi connectivity index (χ4n) is 3.24. The molecule has 0 spiro atoms. The predicted octanol–water partition coefficient (Wildman–Crippen LogP) is 1.89. The van der Waals surface area contributed by atoms with Crippen LogP contribution < -0.4 is 14.2 Å². The number of ether oxygens (including phenoxy) is 1. The maximum atomic E-state index is 12.9. The normalized spacial score (nSPS) is 16.3. The van der Waals surface area contributed by atoms with Crippen molar-refractivity contribution in [3.8, 4) is 5.75 Å². The van der Waals surface area contributed by atoms with Gasteiger partial charge in [-0.25, -0.2) is 4.79 Å². The first kappa shape index (κ1) is 13.9. The molecule has 1 aromatic heterocycles. The summed E-state index contributed by atoms with van der Waals surface area (Å²) in [4.78, 5) is 31.2. The van der Waals surface area contributed by atoms with Gasteiger partial charge in [-0.15, -0.1) is 9.47 Å². The number of fused-ring (bicyclic) bond motifs is 3. The Morgan fingerprint density at radius 3 is 2.87 bits per heavy atom. The minimum absolute atomic E-state index is 0.332. The van der Waals surface area contributed by atoms with Crippen LogP contribution in [-0.2, 0) is 12.8 Å². The molecule has 1 aromatic carbocycles. The number of methoxy groups -OCH3 is 1. The van der Waals surface area contributed by atoms with Gasteiger partial charge in [0.1, 0.15) is 17.1 Å². The van der Waals surface area contributed by atoms with Gasteiger partial charge in [0.05, 0.1) is 19.0 Å². The molecule has 116 valence electrons. The number of anilines is 1. The van der Waals surface area contributed by atoms with Crippen molar-refractivity contribution in [1.82, 2.24) is 4.98 Å². The first-order valence-electron chi connectivity index (χ1n) is 7.66. The highest BCUT2D eigenvalue weighted by Crippen LogP contribution is 2.26. The number of carbonyl (C=O) groups excluding carboxylic acids is 2. The van der Waals surface area contributed by atoms with Gasteiger partial charge in [0.2, 0.25) is 5.69 Å². The second-order valence-electron chi connectivity index (χ2n) is 5.70. The third-order valence-corrected chi connectivity index (χ3v) is 4.38. The molecule has 2 aliphatic rings. The van der Waals surface area contributed by atoms with E-state index in [4.69, 9.17) is 4.74 Å². The van der Waals surface area contributed by atoms with Crippen molar-refractivity contribution in [2.24, 2.45) is 0 Å². The van der Waals surface area contributed by atoms with Crippen LogP contribution in [0.25, 0.3) is 0 Å². The predicted molar refractivity (Wildman–Crippen MR) is 81.7 cm³/mol. The monoisotopic (exact) mass is 310 g/mol. The van der Waals surface area contributed by atoms with Crippen LogP contribution in [-0.4, -0.2) is 24.0 Å². The minimum Gasteiger partial charge on any atom is -0.497 e. The molecular weight excluding hydrogens is 294 g/mol. The van der Waals surface area contributed by atoms with Gasteiger partial charge in [-0.2, -0.15) is 4.79 Å². The molecule has 0 unspecified atom stereocenters. The van der Waals surface area contributed by atoms with Crippen molar-refractivity contribution in [1.29, 1.82) is 0 Å². The van der Waals surface area contributed by atoms with E-state index in [0.29, 0.717) is 17.1 Å². The summed E-state index contributed by atoms with van der Waals surface area (Å²) in [6.45, 7) is 0. The maximum Gasteiger partial charge on any atom is 0.512 e. The average Bonchev–Trinajstić information content (AvgIpc) is 2.86. The van der Waals surface area contributed by atoms with Crippen LogP contribution in [0.3, 0.4) is 0 Å². The first-order chi connectivity index (χ1) is 11.2. The van der Waals surface area contributed by atoms with Crippen molar-refractivity contribution in [2.45, 2.75) is 25.7 Å². The van der Waals surface area contributed by atoms with Gasteiger partial charge < -0.3 is 4.74 Å². The van der Waals surface area contributed by atoms with Crippen LogP contribution in [0.5, 0.6) is 5.75 Å². The zero-order valence-corrected chi connectivity index (χ0v) is 12.8. The molecule has 2 heterocycles. The first-order valence-corrected chi connectivity index (χ1v) is 7.66. The lowest BCUT2D eigenvalue weighted by atomic mass is 10.00. The van der Waals surface area contributed by atoms with E-state index >= 15 is 0 Å². The van der Waals surface area contributed by atoms with Crippen molar-refractivity contribution >= 4 is 17.6 Å². The van der Waals surface area contributed by atoms with Crippen LogP contribution in [0.1, 0.15) is 34.7 Å². The summed E-state index contributed by atoms with van der Waals surface area (Å²) in [7, 11) is 1.55. The number of carbonyl (C=O) groups is 2. The molecule has 0 fully saturated rings. The van der Waals surface area contributed by atoms with E-state index in [-0.39, 0.29) is 11.9 Å². The van der Waals surface area contributed by atoms with E-state index in [1.807, 2.05) is 0 Å². The highest BCUT2D eigenvalue weighted by molar-refractivity contribution is 6.20. The fourth-order valence-corrected chi connectivity index (χ4v) is 3.24. The molecule has 2 aromatic rings. The van der Waals surface area contributed by atoms with Crippen molar-refractivity contribution in [2.75, 3.05) is 12.0 Å². The quantitative estimate of drug-likeness (QED) is 0.795. The van der Waals surface area contributed by atoms with Crippen LogP contribution >= 0.6 is 0 Å². The molecule has 2 amide bonds. The van der Waals surface area contributed by atoms with Gasteiger partial charge in [-0.05, 0) is 31.4 Å². The van der Waals surface area contributed by atoms with Crippen molar-refractivity contribution in [3.05, 3.63) is 47.5 Å². The highest BCUT2D eigenvalue weighted by atomic mass is 16.5. The van der Waals surface area contributed by atoms with E-state index in [9.17, 15) is 9.59 Å². The summed E-state index contributed by atoms with van der Waals surface area (Å²) in [5, 5.41) is 0. The molecule has 1 aliphatic carbocycles. The van der Waals surface area contributed by atoms with Gasteiger partial charge in [0.15, 0.2) is 0 Å². The summed E-state index contributed by atoms with van der Waals surface area (Å²) in [6, 6.07) is 6.61. The van der Waals surface area contributed by atoms with Gasteiger partial charge in [0, 0.05) is 12.5 Å². The molecule has 4 rings (SSSR count). The Balaban J connectivity index is 1.83. The third kappa shape index (κ3) is 2.02. The Bertz CT molecular complexity index is 832. The average molecular weight is 310 g/mol.